The Balaban J connectivity index is 1.11. The van der Waals surface area contributed by atoms with Crippen molar-refractivity contribution in [3.05, 3.63) is 212 Å². The van der Waals surface area contributed by atoms with E-state index in [1.54, 1.807) is 0 Å². The lowest BCUT2D eigenvalue weighted by atomic mass is 9.98. The van der Waals surface area contributed by atoms with Gasteiger partial charge in [-0.3, -0.25) is 0 Å². The molecule has 9 rings (SSSR count). The molecule has 250 valence electrons. The molecule has 0 saturated heterocycles. The predicted octanol–water partition coefficient (Wildman–Crippen LogP) is 13.4. The van der Waals surface area contributed by atoms with E-state index in [0.717, 1.165) is 50.6 Å². The molecule has 53 heavy (non-hydrogen) atoms. The molecule has 0 unspecified atom stereocenters. The fourth-order valence-corrected chi connectivity index (χ4v) is 6.96. The van der Waals surface area contributed by atoms with Crippen LogP contribution in [0.15, 0.2) is 212 Å². The van der Waals surface area contributed by atoms with Crippen LogP contribution < -0.4 is 4.90 Å². The summed E-state index contributed by atoms with van der Waals surface area (Å²) in [6, 6.07) is 74.6. The molecule has 0 bridgehead atoms. The lowest BCUT2D eigenvalue weighted by Crippen LogP contribution is -2.10. The van der Waals surface area contributed by atoms with Crippen LogP contribution in [-0.2, 0) is 0 Å². The second-order valence-electron chi connectivity index (χ2n) is 13.1. The van der Waals surface area contributed by atoms with E-state index < -0.39 is 0 Å². The average Bonchev–Trinajstić information content (AvgIpc) is 3.25. The van der Waals surface area contributed by atoms with Crippen LogP contribution >= 0.6 is 0 Å². The van der Waals surface area contributed by atoms with Gasteiger partial charge in [0.1, 0.15) is 0 Å². The third-order valence-electron chi connectivity index (χ3n) is 9.68. The van der Waals surface area contributed by atoms with Crippen molar-refractivity contribution in [1.29, 1.82) is 0 Å². The second-order valence-corrected chi connectivity index (χ2v) is 13.1. The molecule has 0 atom stereocenters. The monoisotopic (exact) mass is 677 g/mol. The summed E-state index contributed by atoms with van der Waals surface area (Å²) in [7, 11) is 0. The second kappa shape index (κ2) is 14.3. The molecule has 0 radical (unpaired) electrons. The first-order chi connectivity index (χ1) is 26.3. The minimum Gasteiger partial charge on any atom is -0.311 e. The van der Waals surface area contributed by atoms with Gasteiger partial charge in [-0.15, -0.1) is 0 Å². The fraction of sp³-hybridized carbons (Fsp3) is 0. The molecule has 3 heteroatoms. The summed E-state index contributed by atoms with van der Waals surface area (Å²) in [5.41, 5.74) is 15.9. The first-order valence-electron chi connectivity index (χ1n) is 17.9. The van der Waals surface area contributed by atoms with Crippen molar-refractivity contribution < 1.29 is 0 Å². The van der Waals surface area contributed by atoms with Gasteiger partial charge < -0.3 is 4.90 Å². The third kappa shape index (κ3) is 6.60. The van der Waals surface area contributed by atoms with E-state index >= 15 is 0 Å². The highest BCUT2D eigenvalue weighted by Gasteiger charge is 2.17. The summed E-state index contributed by atoms with van der Waals surface area (Å²) < 4.78 is 0. The van der Waals surface area contributed by atoms with Gasteiger partial charge in [0.25, 0.3) is 0 Å². The van der Waals surface area contributed by atoms with Crippen LogP contribution in [0.2, 0.25) is 0 Å². The Hall–Kier alpha value is -7.10. The maximum atomic E-state index is 5.14. The Morgan fingerprint density at radius 3 is 1.00 bits per heavy atom. The van der Waals surface area contributed by atoms with E-state index in [0.29, 0.717) is 0 Å². The predicted molar refractivity (Wildman–Crippen MR) is 221 cm³/mol. The van der Waals surface area contributed by atoms with Gasteiger partial charge in [0.15, 0.2) is 0 Å². The summed E-state index contributed by atoms with van der Waals surface area (Å²) in [5.74, 6) is 0. The largest absolute Gasteiger partial charge is 0.311 e. The number of hydrogen-bond donors (Lipinski definition) is 0. The van der Waals surface area contributed by atoms with E-state index in [4.69, 9.17) is 9.97 Å². The van der Waals surface area contributed by atoms with Gasteiger partial charge in [0, 0.05) is 28.2 Å². The lowest BCUT2D eigenvalue weighted by Gasteiger charge is -2.26. The molecule has 0 saturated carbocycles. The molecule has 0 spiro atoms. The van der Waals surface area contributed by atoms with Crippen molar-refractivity contribution in [3.63, 3.8) is 0 Å². The van der Waals surface area contributed by atoms with Gasteiger partial charge in [-0.25, -0.2) is 9.97 Å². The summed E-state index contributed by atoms with van der Waals surface area (Å²) in [4.78, 5) is 12.5. The number of anilines is 3. The number of para-hydroxylation sites is 2. The van der Waals surface area contributed by atoms with Gasteiger partial charge >= 0.3 is 0 Å². The van der Waals surface area contributed by atoms with Crippen LogP contribution in [0.5, 0.6) is 0 Å². The Labute approximate surface area is 310 Å². The number of rotatable bonds is 8. The van der Waals surface area contributed by atoms with Gasteiger partial charge in [0.2, 0.25) is 0 Å². The normalized spacial score (nSPS) is 11.0. The van der Waals surface area contributed by atoms with Crippen LogP contribution in [0.1, 0.15) is 0 Å². The number of aromatic nitrogens is 2. The van der Waals surface area contributed by atoms with E-state index in [-0.39, 0.29) is 0 Å². The smallest absolute Gasteiger partial charge is 0.0973 e. The summed E-state index contributed by atoms with van der Waals surface area (Å²) in [6.45, 7) is 0. The summed E-state index contributed by atoms with van der Waals surface area (Å²) in [5, 5.41) is 0. The molecule has 9 aromatic rings. The summed E-state index contributed by atoms with van der Waals surface area (Å²) in [6.07, 6.45) is 0. The van der Waals surface area contributed by atoms with E-state index in [1.165, 1.54) is 33.4 Å². The van der Waals surface area contributed by atoms with Gasteiger partial charge in [-0.1, -0.05) is 158 Å². The van der Waals surface area contributed by atoms with Crippen molar-refractivity contribution in [2.24, 2.45) is 0 Å². The first kappa shape index (κ1) is 31.9. The minimum absolute atomic E-state index is 0.863. The zero-order valence-corrected chi connectivity index (χ0v) is 29.0. The fourth-order valence-electron chi connectivity index (χ4n) is 6.96. The van der Waals surface area contributed by atoms with Crippen molar-refractivity contribution in [2.45, 2.75) is 0 Å². The standard InChI is InChI=1S/C50H35N3/c1-4-13-36(14-5-1)38-23-29-44(30-24-38)53(45-31-25-39(26-32-45)43-20-12-19-42(35-43)37-15-6-2-7-16-37)46-33-27-41(28-34-46)50-49(40-17-8-3-9-18-40)51-47-21-10-11-22-48(47)52-50/h1-35H. The van der Waals surface area contributed by atoms with Crippen molar-refractivity contribution in [2.75, 3.05) is 4.90 Å². The topological polar surface area (TPSA) is 29.0 Å². The van der Waals surface area contributed by atoms with E-state index in [2.05, 4.69) is 175 Å². The van der Waals surface area contributed by atoms with Crippen molar-refractivity contribution in [1.82, 2.24) is 9.97 Å². The molecule has 3 nitrogen and oxygen atoms in total. The van der Waals surface area contributed by atoms with Gasteiger partial charge in [-0.2, -0.15) is 0 Å². The minimum atomic E-state index is 0.863. The molecule has 8 aromatic carbocycles. The summed E-state index contributed by atoms with van der Waals surface area (Å²) >= 11 is 0. The molecular formula is C50H35N3. The van der Waals surface area contributed by atoms with E-state index in [1.807, 2.05) is 42.5 Å². The zero-order chi connectivity index (χ0) is 35.4. The third-order valence-corrected chi connectivity index (χ3v) is 9.68. The quantitative estimate of drug-likeness (QED) is 0.160. The van der Waals surface area contributed by atoms with Crippen LogP contribution in [0, 0.1) is 0 Å². The molecular weight excluding hydrogens is 643 g/mol. The molecule has 0 amide bonds. The number of fused-ring (bicyclic) bond motifs is 1. The molecule has 1 heterocycles. The molecule has 0 aliphatic rings. The number of nitrogens with zero attached hydrogens (tertiary/aromatic N) is 3. The zero-order valence-electron chi connectivity index (χ0n) is 29.0. The maximum absolute atomic E-state index is 5.14. The Kier molecular flexibility index (Phi) is 8.57. The Morgan fingerprint density at radius 2 is 0.547 bits per heavy atom. The number of benzene rings is 8. The molecule has 0 fully saturated rings. The molecule has 0 N–H and O–H groups in total. The van der Waals surface area contributed by atoms with E-state index in [9.17, 15) is 0 Å². The van der Waals surface area contributed by atoms with Gasteiger partial charge in [-0.05, 0) is 88.0 Å². The highest BCUT2D eigenvalue weighted by Crippen LogP contribution is 2.39. The number of hydrogen-bond acceptors (Lipinski definition) is 3. The van der Waals surface area contributed by atoms with Crippen molar-refractivity contribution >= 4 is 28.1 Å². The first-order valence-corrected chi connectivity index (χ1v) is 17.9. The molecule has 0 aliphatic carbocycles. The molecule has 1 aromatic heterocycles. The highest BCUT2D eigenvalue weighted by molar-refractivity contribution is 5.87. The van der Waals surface area contributed by atoms with Crippen LogP contribution in [0.3, 0.4) is 0 Å². The molecule has 0 aliphatic heterocycles. The highest BCUT2D eigenvalue weighted by atomic mass is 15.1. The SMILES string of the molecule is c1ccc(-c2ccc(N(c3ccc(-c4cccc(-c5ccccc5)c4)cc3)c3ccc(-c4nc5ccccc5nc4-c4ccccc4)cc3)cc2)cc1. The van der Waals surface area contributed by atoms with Gasteiger partial charge in [0.05, 0.1) is 22.4 Å². The average molecular weight is 678 g/mol. The van der Waals surface area contributed by atoms with Crippen LogP contribution in [0.4, 0.5) is 17.1 Å². The maximum Gasteiger partial charge on any atom is 0.0973 e. The lowest BCUT2D eigenvalue weighted by molar-refractivity contribution is 1.27. The Morgan fingerprint density at radius 1 is 0.245 bits per heavy atom. The van der Waals surface area contributed by atoms with Crippen molar-refractivity contribution in [3.8, 4) is 55.9 Å². The van der Waals surface area contributed by atoms with Crippen LogP contribution in [-0.4, -0.2) is 9.97 Å². The van der Waals surface area contributed by atoms with Crippen LogP contribution in [0.25, 0.3) is 66.9 Å². The Bertz CT molecular complexity index is 2620.